The molecule has 54 valence electrons. The molecule has 0 saturated heterocycles. The molecule has 0 aliphatic carbocycles. The van der Waals surface area contributed by atoms with Crippen LogP contribution in [0, 0.1) is 5.82 Å². The van der Waals surface area contributed by atoms with Gasteiger partial charge in [0.05, 0.1) is 23.2 Å². The highest BCUT2D eigenvalue weighted by molar-refractivity contribution is 7.84. The quantitative estimate of drug-likeness (QED) is 0.557. The highest BCUT2D eigenvalue weighted by atomic mass is 32.2. The lowest BCUT2D eigenvalue weighted by Gasteiger charge is -1.90. The Kier molecular flexibility index (Phi) is 2.06. The van der Waals surface area contributed by atoms with Crippen molar-refractivity contribution in [1.29, 1.82) is 0 Å². The predicted octanol–water partition coefficient (Wildman–Crippen LogP) is 0.353. The van der Waals surface area contributed by atoms with Crippen LogP contribution in [0.15, 0.2) is 17.6 Å². The van der Waals surface area contributed by atoms with Gasteiger partial charge >= 0.3 is 0 Å². The lowest BCUT2D eigenvalue weighted by atomic mass is 10.7. The fourth-order valence-electron chi connectivity index (χ4n) is 0.449. The van der Waals surface area contributed by atoms with Crippen molar-refractivity contribution >= 4 is 10.8 Å². The van der Waals surface area contributed by atoms with Crippen LogP contribution in [-0.4, -0.2) is 20.4 Å². The first-order valence-electron chi connectivity index (χ1n) is 2.51. The lowest BCUT2D eigenvalue weighted by Crippen LogP contribution is -1.95. The number of halogens is 1. The summed E-state index contributed by atoms with van der Waals surface area (Å²) >= 11 is 0. The molecule has 0 aliphatic rings. The molecule has 1 aromatic rings. The molecule has 3 nitrogen and oxygen atoms in total. The van der Waals surface area contributed by atoms with E-state index in [1.807, 2.05) is 0 Å². The number of hydrogen-bond donors (Lipinski definition) is 0. The third kappa shape index (κ3) is 1.57. The van der Waals surface area contributed by atoms with Crippen molar-refractivity contribution < 1.29 is 8.60 Å². The summed E-state index contributed by atoms with van der Waals surface area (Å²) in [4.78, 5) is 6.98. The average molecular weight is 160 g/mol. The Hall–Kier alpha value is -0.840. The summed E-state index contributed by atoms with van der Waals surface area (Å²) in [6.45, 7) is 0. The van der Waals surface area contributed by atoms with Crippen molar-refractivity contribution in [3.63, 3.8) is 0 Å². The third-order valence-electron chi connectivity index (χ3n) is 0.854. The summed E-state index contributed by atoms with van der Waals surface area (Å²) in [5.74, 6) is -0.519. The predicted molar refractivity (Wildman–Crippen MR) is 34.3 cm³/mol. The Morgan fingerprint density at radius 3 is 2.40 bits per heavy atom. The molecule has 0 fully saturated rings. The standard InChI is InChI=1S/C5H5FN2OS/c1-10(9)5-7-2-4(6)3-8-5/h2-3H,1H3. The molecule has 1 unspecified atom stereocenters. The van der Waals surface area contributed by atoms with Crippen molar-refractivity contribution in [3.8, 4) is 0 Å². The van der Waals surface area contributed by atoms with Crippen LogP contribution >= 0.6 is 0 Å². The summed E-state index contributed by atoms with van der Waals surface area (Å²) in [5.41, 5.74) is 0. The summed E-state index contributed by atoms with van der Waals surface area (Å²) in [6.07, 6.45) is 3.42. The number of rotatable bonds is 1. The molecule has 1 rings (SSSR count). The van der Waals surface area contributed by atoms with Crippen LogP contribution < -0.4 is 0 Å². The van der Waals surface area contributed by atoms with Gasteiger partial charge in [-0.1, -0.05) is 0 Å². The first kappa shape index (κ1) is 7.27. The average Bonchev–Trinajstić information content (AvgIpc) is 1.88. The van der Waals surface area contributed by atoms with E-state index in [0.29, 0.717) is 0 Å². The van der Waals surface area contributed by atoms with Gasteiger partial charge < -0.3 is 0 Å². The molecule has 10 heavy (non-hydrogen) atoms. The maximum atomic E-state index is 12.1. The third-order valence-corrected chi connectivity index (χ3v) is 1.58. The molecule has 0 aromatic carbocycles. The molecule has 0 amide bonds. The van der Waals surface area contributed by atoms with Crippen molar-refractivity contribution in [2.75, 3.05) is 6.26 Å². The number of aromatic nitrogens is 2. The van der Waals surface area contributed by atoms with Gasteiger partial charge in [0, 0.05) is 6.26 Å². The first-order chi connectivity index (χ1) is 4.70. The molecule has 0 N–H and O–H groups in total. The van der Waals surface area contributed by atoms with Crippen molar-refractivity contribution in [1.82, 2.24) is 9.97 Å². The number of nitrogens with zero attached hydrogens (tertiary/aromatic N) is 2. The smallest absolute Gasteiger partial charge is 0.218 e. The second-order valence-electron chi connectivity index (χ2n) is 1.64. The van der Waals surface area contributed by atoms with Crippen LogP contribution in [0.2, 0.25) is 0 Å². The fraction of sp³-hybridized carbons (Fsp3) is 0.200. The minimum absolute atomic E-state index is 0.154. The zero-order valence-electron chi connectivity index (χ0n) is 5.24. The molecule has 0 bridgehead atoms. The molecule has 0 saturated carbocycles. The second-order valence-corrected chi connectivity index (χ2v) is 2.91. The first-order valence-corrected chi connectivity index (χ1v) is 4.07. The van der Waals surface area contributed by atoms with Crippen molar-refractivity contribution in [3.05, 3.63) is 18.2 Å². The maximum absolute atomic E-state index is 12.1. The molecular weight excluding hydrogens is 155 g/mol. The Morgan fingerprint density at radius 1 is 1.50 bits per heavy atom. The van der Waals surface area contributed by atoms with E-state index in [-0.39, 0.29) is 5.16 Å². The summed E-state index contributed by atoms with van der Waals surface area (Å²) < 4.78 is 22.7. The topological polar surface area (TPSA) is 42.9 Å². The monoisotopic (exact) mass is 160 g/mol. The van der Waals surface area contributed by atoms with Gasteiger partial charge in [0.25, 0.3) is 0 Å². The van der Waals surface area contributed by atoms with Gasteiger partial charge in [0.1, 0.15) is 0 Å². The molecule has 1 atom stereocenters. The van der Waals surface area contributed by atoms with E-state index in [9.17, 15) is 8.60 Å². The number of hydrogen-bond acceptors (Lipinski definition) is 3. The molecule has 5 heteroatoms. The van der Waals surface area contributed by atoms with Crippen LogP contribution in [-0.2, 0) is 10.8 Å². The van der Waals surface area contributed by atoms with Crippen LogP contribution in [0.4, 0.5) is 4.39 Å². The Balaban J connectivity index is 3.00. The van der Waals surface area contributed by atoms with Crippen LogP contribution in [0.5, 0.6) is 0 Å². The van der Waals surface area contributed by atoms with Gasteiger partial charge in [0.2, 0.25) is 5.16 Å². The summed E-state index contributed by atoms with van der Waals surface area (Å²) in [7, 11) is -1.23. The van der Waals surface area contributed by atoms with E-state index in [4.69, 9.17) is 0 Å². The molecule has 1 aromatic heterocycles. The normalized spacial score (nSPS) is 13.0. The summed E-state index contributed by atoms with van der Waals surface area (Å²) in [5, 5.41) is 0.154. The van der Waals surface area contributed by atoms with E-state index in [1.54, 1.807) is 0 Å². The SMILES string of the molecule is CS(=O)c1ncc(F)cn1. The van der Waals surface area contributed by atoms with Gasteiger partial charge in [-0.15, -0.1) is 0 Å². The Bertz CT molecular complexity index is 248. The highest BCUT2D eigenvalue weighted by Crippen LogP contribution is 1.95. The van der Waals surface area contributed by atoms with Gasteiger partial charge in [-0.2, -0.15) is 0 Å². The Morgan fingerprint density at radius 2 is 2.00 bits per heavy atom. The minimum atomic E-state index is -1.23. The minimum Gasteiger partial charge on any atom is -0.251 e. The van der Waals surface area contributed by atoms with Gasteiger partial charge in [-0.25, -0.2) is 14.4 Å². The lowest BCUT2D eigenvalue weighted by molar-refractivity contribution is 0.603. The van der Waals surface area contributed by atoms with Crippen LogP contribution in [0.3, 0.4) is 0 Å². The van der Waals surface area contributed by atoms with Gasteiger partial charge in [0.15, 0.2) is 5.82 Å². The van der Waals surface area contributed by atoms with E-state index in [0.717, 1.165) is 12.4 Å². The van der Waals surface area contributed by atoms with Gasteiger partial charge in [-0.05, 0) is 0 Å². The van der Waals surface area contributed by atoms with Crippen molar-refractivity contribution in [2.24, 2.45) is 0 Å². The largest absolute Gasteiger partial charge is 0.251 e. The fourth-order valence-corrected chi connectivity index (χ4v) is 0.851. The summed E-state index contributed by atoms with van der Waals surface area (Å²) in [6, 6.07) is 0. The highest BCUT2D eigenvalue weighted by Gasteiger charge is 1.98. The molecular formula is C5H5FN2OS. The molecule has 0 aliphatic heterocycles. The van der Waals surface area contributed by atoms with E-state index in [2.05, 4.69) is 9.97 Å². The van der Waals surface area contributed by atoms with Crippen LogP contribution in [0.25, 0.3) is 0 Å². The zero-order chi connectivity index (χ0) is 7.56. The van der Waals surface area contributed by atoms with E-state index in [1.165, 1.54) is 6.26 Å². The second kappa shape index (κ2) is 2.83. The van der Waals surface area contributed by atoms with E-state index >= 15 is 0 Å². The van der Waals surface area contributed by atoms with Gasteiger partial charge in [-0.3, -0.25) is 4.21 Å². The Labute approximate surface area is 59.8 Å². The molecule has 1 heterocycles. The zero-order valence-corrected chi connectivity index (χ0v) is 6.06. The van der Waals surface area contributed by atoms with E-state index < -0.39 is 16.6 Å². The van der Waals surface area contributed by atoms with Crippen molar-refractivity contribution in [2.45, 2.75) is 5.16 Å². The molecule has 0 spiro atoms. The molecule has 0 radical (unpaired) electrons. The maximum Gasteiger partial charge on any atom is 0.218 e. The van der Waals surface area contributed by atoms with Crippen LogP contribution in [0.1, 0.15) is 0 Å².